The van der Waals surface area contributed by atoms with Crippen LogP contribution in [0.4, 0.5) is 5.69 Å². The molecule has 0 bridgehead atoms. The van der Waals surface area contributed by atoms with Crippen LogP contribution in [0.15, 0.2) is 33.7 Å². The maximum atomic E-state index is 11.2. The number of aromatic amines is 1. The summed E-state index contributed by atoms with van der Waals surface area (Å²) >= 11 is 0. The van der Waals surface area contributed by atoms with Gasteiger partial charge in [-0.05, 0) is 18.2 Å². The average molecular weight is 201 g/mol. The van der Waals surface area contributed by atoms with Gasteiger partial charge in [-0.1, -0.05) is 0 Å². The van der Waals surface area contributed by atoms with Crippen molar-refractivity contribution >= 4 is 27.6 Å². The molecule has 0 saturated heterocycles. The minimum absolute atomic E-state index is 0.183. The summed E-state index contributed by atoms with van der Waals surface area (Å²) in [6.07, 6.45) is 1.58. The lowest BCUT2D eigenvalue weighted by molar-refractivity contribution is 0.616. The average Bonchev–Trinajstić information content (AvgIpc) is 2.71. The topological polar surface area (TPSA) is 84.9 Å². The Morgan fingerprint density at radius 3 is 3.00 bits per heavy atom. The lowest BCUT2D eigenvalue weighted by Crippen LogP contribution is -2.13. The number of hydrogen-bond acceptors (Lipinski definition) is 4. The Morgan fingerprint density at radius 2 is 2.13 bits per heavy atom. The summed E-state index contributed by atoms with van der Waals surface area (Å²) in [4.78, 5) is 11.2. The van der Waals surface area contributed by atoms with Crippen LogP contribution in [0, 0.1) is 0 Å². The van der Waals surface area contributed by atoms with Crippen molar-refractivity contribution in [1.29, 1.82) is 0 Å². The van der Waals surface area contributed by atoms with Crippen LogP contribution in [-0.4, -0.2) is 10.2 Å². The molecule has 2 aromatic heterocycles. The molecule has 0 radical (unpaired) electrons. The van der Waals surface area contributed by atoms with Crippen LogP contribution in [0.1, 0.15) is 0 Å². The zero-order valence-corrected chi connectivity index (χ0v) is 7.65. The third-order valence-corrected chi connectivity index (χ3v) is 2.41. The second-order valence-electron chi connectivity index (χ2n) is 3.26. The van der Waals surface area contributed by atoms with E-state index < -0.39 is 0 Å². The number of benzene rings is 1. The highest BCUT2D eigenvalue weighted by atomic mass is 16.3. The minimum Gasteiger partial charge on any atom is -0.464 e. The number of rotatable bonds is 0. The third kappa shape index (κ3) is 0.969. The van der Waals surface area contributed by atoms with E-state index in [4.69, 9.17) is 10.2 Å². The monoisotopic (exact) mass is 201 g/mol. The maximum absolute atomic E-state index is 11.2. The summed E-state index contributed by atoms with van der Waals surface area (Å²) in [5.41, 5.74) is 6.85. The maximum Gasteiger partial charge on any atom is 0.287 e. The fourth-order valence-corrected chi connectivity index (χ4v) is 1.66. The van der Waals surface area contributed by atoms with E-state index in [2.05, 4.69) is 10.2 Å². The van der Waals surface area contributed by atoms with Crippen molar-refractivity contribution in [3.63, 3.8) is 0 Å². The summed E-state index contributed by atoms with van der Waals surface area (Å²) in [5, 5.41) is 7.81. The molecule has 0 amide bonds. The molecule has 0 aliphatic heterocycles. The molecule has 15 heavy (non-hydrogen) atoms. The first-order chi connectivity index (χ1) is 7.27. The Kier molecular flexibility index (Phi) is 1.39. The van der Waals surface area contributed by atoms with E-state index in [0.717, 1.165) is 11.0 Å². The van der Waals surface area contributed by atoms with Crippen molar-refractivity contribution in [2.45, 2.75) is 0 Å². The van der Waals surface area contributed by atoms with Crippen molar-refractivity contribution in [3.8, 4) is 0 Å². The molecule has 0 aliphatic carbocycles. The first-order valence-corrected chi connectivity index (χ1v) is 4.41. The number of anilines is 1. The van der Waals surface area contributed by atoms with Gasteiger partial charge in [-0.2, -0.15) is 5.10 Å². The van der Waals surface area contributed by atoms with Crippen LogP contribution in [-0.2, 0) is 0 Å². The van der Waals surface area contributed by atoms with Crippen LogP contribution in [0.3, 0.4) is 0 Å². The van der Waals surface area contributed by atoms with Gasteiger partial charge in [0.2, 0.25) is 0 Å². The summed E-state index contributed by atoms with van der Waals surface area (Å²) in [5.74, 6) is 0. The quantitative estimate of drug-likeness (QED) is 0.573. The van der Waals surface area contributed by atoms with Crippen LogP contribution in [0.5, 0.6) is 0 Å². The van der Waals surface area contributed by atoms with E-state index in [1.807, 2.05) is 0 Å². The molecular formula is C10H7N3O2. The lowest BCUT2D eigenvalue weighted by Gasteiger charge is -1.99. The molecule has 0 unspecified atom stereocenters. The van der Waals surface area contributed by atoms with Gasteiger partial charge in [0.05, 0.1) is 6.26 Å². The van der Waals surface area contributed by atoms with Gasteiger partial charge < -0.3 is 10.2 Å². The molecule has 3 aromatic rings. The Balaban J connectivity index is 2.66. The zero-order valence-electron chi connectivity index (χ0n) is 7.65. The molecular weight excluding hydrogens is 194 g/mol. The number of nitrogens with one attached hydrogen (secondary N) is 1. The molecule has 0 atom stereocenters. The molecule has 1 aromatic carbocycles. The molecule has 74 valence electrons. The summed E-state index contributed by atoms with van der Waals surface area (Å²) in [7, 11) is 0. The molecule has 0 aliphatic rings. The standard InChI is InChI=1S/C10H7N3O2/c11-8-6-1-2-7-5(3-4-15-7)9(6)12-13-10(8)14/h1-4H,(H2,11,12)(H,13,14). The molecule has 5 nitrogen and oxygen atoms in total. The summed E-state index contributed by atoms with van der Waals surface area (Å²) in [6.45, 7) is 0. The van der Waals surface area contributed by atoms with E-state index in [0.29, 0.717) is 10.9 Å². The highest BCUT2D eigenvalue weighted by molar-refractivity contribution is 6.06. The number of fused-ring (bicyclic) bond motifs is 3. The van der Waals surface area contributed by atoms with E-state index >= 15 is 0 Å². The van der Waals surface area contributed by atoms with E-state index in [1.54, 1.807) is 24.5 Å². The van der Waals surface area contributed by atoms with Gasteiger partial charge in [0, 0.05) is 10.8 Å². The second-order valence-corrected chi connectivity index (χ2v) is 3.26. The Bertz CT molecular complexity index is 711. The predicted octanol–water partition coefficient (Wildman–Crippen LogP) is 1.25. The largest absolute Gasteiger partial charge is 0.464 e. The van der Waals surface area contributed by atoms with Gasteiger partial charge >= 0.3 is 0 Å². The van der Waals surface area contributed by atoms with Gasteiger partial charge in [-0.3, -0.25) is 4.79 Å². The number of aromatic nitrogens is 2. The molecule has 0 spiro atoms. The van der Waals surface area contributed by atoms with Crippen molar-refractivity contribution in [1.82, 2.24) is 10.2 Å². The number of H-pyrrole nitrogens is 1. The lowest BCUT2D eigenvalue weighted by atomic mass is 10.1. The zero-order chi connectivity index (χ0) is 10.4. The molecule has 2 heterocycles. The highest BCUT2D eigenvalue weighted by Gasteiger charge is 2.08. The van der Waals surface area contributed by atoms with Crippen LogP contribution in [0.25, 0.3) is 21.9 Å². The smallest absolute Gasteiger partial charge is 0.287 e. The first-order valence-electron chi connectivity index (χ1n) is 4.41. The van der Waals surface area contributed by atoms with E-state index in [9.17, 15) is 4.79 Å². The van der Waals surface area contributed by atoms with Crippen LogP contribution < -0.4 is 11.3 Å². The van der Waals surface area contributed by atoms with Gasteiger partial charge in [-0.15, -0.1) is 0 Å². The van der Waals surface area contributed by atoms with Crippen molar-refractivity contribution in [3.05, 3.63) is 34.8 Å². The number of furan rings is 1. The van der Waals surface area contributed by atoms with Crippen molar-refractivity contribution in [2.75, 3.05) is 5.73 Å². The van der Waals surface area contributed by atoms with Gasteiger partial charge in [-0.25, -0.2) is 5.10 Å². The van der Waals surface area contributed by atoms with E-state index in [-0.39, 0.29) is 11.2 Å². The normalized spacial score (nSPS) is 11.2. The van der Waals surface area contributed by atoms with Gasteiger partial charge in [0.15, 0.2) is 0 Å². The Hall–Kier alpha value is -2.30. The molecule has 0 saturated carbocycles. The van der Waals surface area contributed by atoms with Crippen LogP contribution in [0.2, 0.25) is 0 Å². The Labute approximate surface area is 83.5 Å². The Morgan fingerprint density at radius 1 is 1.27 bits per heavy atom. The van der Waals surface area contributed by atoms with Gasteiger partial charge in [0.1, 0.15) is 16.8 Å². The fourth-order valence-electron chi connectivity index (χ4n) is 1.66. The van der Waals surface area contributed by atoms with Gasteiger partial charge in [0.25, 0.3) is 5.56 Å². The number of nitrogens with two attached hydrogens (primary N) is 1. The number of nitrogen functional groups attached to an aromatic ring is 1. The number of nitrogens with zero attached hydrogens (tertiary/aromatic N) is 1. The molecule has 3 N–H and O–H groups in total. The predicted molar refractivity (Wildman–Crippen MR) is 56.5 cm³/mol. The third-order valence-electron chi connectivity index (χ3n) is 2.41. The molecule has 0 fully saturated rings. The van der Waals surface area contributed by atoms with E-state index in [1.165, 1.54) is 0 Å². The SMILES string of the molecule is Nc1c(=O)[nH]nc2c1ccc1occc12. The van der Waals surface area contributed by atoms with Crippen molar-refractivity contribution in [2.24, 2.45) is 0 Å². The van der Waals surface area contributed by atoms with Crippen molar-refractivity contribution < 1.29 is 4.42 Å². The molecule has 5 heteroatoms. The molecule has 3 rings (SSSR count). The summed E-state index contributed by atoms with van der Waals surface area (Å²) < 4.78 is 5.22. The first kappa shape index (κ1) is 8.05. The number of hydrogen-bond donors (Lipinski definition) is 2. The highest BCUT2D eigenvalue weighted by Crippen LogP contribution is 2.25. The van der Waals surface area contributed by atoms with Crippen LogP contribution >= 0.6 is 0 Å². The second kappa shape index (κ2) is 2.60. The summed E-state index contributed by atoms with van der Waals surface area (Å²) in [6, 6.07) is 5.30. The minimum atomic E-state index is -0.370. The fraction of sp³-hybridized carbons (Fsp3) is 0.